The fourth-order valence-corrected chi connectivity index (χ4v) is 0.312. The van der Waals surface area contributed by atoms with Gasteiger partial charge in [-0.15, -0.1) is 0 Å². The molecule has 10 heavy (non-hydrogen) atoms. The number of rotatable bonds is 1. The summed E-state index contributed by atoms with van der Waals surface area (Å²) in [6.45, 7) is 2.85. The zero-order chi connectivity index (χ0) is 7.28. The van der Waals surface area contributed by atoms with Crippen molar-refractivity contribution in [2.24, 2.45) is 0 Å². The Kier molecular flexibility index (Phi) is 9.27. The van der Waals surface area contributed by atoms with E-state index in [4.69, 9.17) is 0 Å². The molecule has 0 N–H and O–H groups in total. The molecule has 0 heterocycles. The second-order valence-corrected chi connectivity index (χ2v) is 1.41. The molecule has 0 aliphatic carbocycles. The van der Waals surface area contributed by atoms with Crippen LogP contribution < -0.4 is 0 Å². The van der Waals surface area contributed by atoms with E-state index in [1.54, 1.807) is 6.92 Å². The quantitative estimate of drug-likeness (QED) is 0.249. The van der Waals surface area contributed by atoms with Crippen molar-refractivity contribution in [3.05, 3.63) is 12.2 Å². The van der Waals surface area contributed by atoms with Crippen LogP contribution in [0.3, 0.4) is 0 Å². The largest absolute Gasteiger partial charge is 2.00 e. The van der Waals surface area contributed by atoms with E-state index in [0.29, 0.717) is 0 Å². The number of allylic oxidation sites excluding steroid dienone is 1. The first-order valence-electron chi connectivity index (χ1n) is 2.52. The summed E-state index contributed by atoms with van der Waals surface area (Å²) in [6, 6.07) is 0. The molecule has 0 saturated heterocycles. The monoisotopic (exact) mass is 170 g/mol. The van der Waals surface area contributed by atoms with Crippen LogP contribution in [0.5, 0.6) is 0 Å². The van der Waals surface area contributed by atoms with Gasteiger partial charge in [-0.3, -0.25) is 4.79 Å². The van der Waals surface area contributed by atoms with Crippen LogP contribution in [-0.2, 0) is 14.3 Å². The molecular weight excluding hydrogens is 160 g/mol. The fourth-order valence-electron chi connectivity index (χ4n) is 0.312. The molecule has 0 rings (SSSR count). The van der Waals surface area contributed by atoms with Gasteiger partial charge in [-0.1, -0.05) is 6.08 Å². The van der Waals surface area contributed by atoms with Crippen molar-refractivity contribution in [2.45, 2.75) is 13.8 Å². The molecule has 0 atom stereocenters. The minimum Gasteiger partial charge on any atom is -1.00 e. The minimum atomic E-state index is -0.620. The Hall–Kier alpha value is 0.140. The number of carbonyl (C=O) groups excluding carboxylic acids is 2. The summed E-state index contributed by atoms with van der Waals surface area (Å²) in [5.74, 6) is -1.21. The van der Waals surface area contributed by atoms with Crippen LogP contribution in [0.25, 0.3) is 0 Å². The van der Waals surface area contributed by atoms with E-state index < -0.39 is 11.9 Å². The number of hydrogen-bond donors (Lipinski definition) is 0. The van der Waals surface area contributed by atoms with E-state index in [9.17, 15) is 9.59 Å². The normalized spacial score (nSPS) is 8.60. The summed E-state index contributed by atoms with van der Waals surface area (Å²) < 4.78 is 4.13. The molecule has 0 aliphatic heterocycles. The molecule has 0 aromatic heterocycles. The molecule has 0 spiro atoms. The molecule has 0 aliphatic rings. The summed E-state index contributed by atoms with van der Waals surface area (Å²) in [7, 11) is 0. The topological polar surface area (TPSA) is 43.4 Å². The number of carbonyl (C=O) groups is 2. The number of ether oxygens (including phenoxy) is 1. The van der Waals surface area contributed by atoms with Crippen LogP contribution in [0.1, 0.15) is 16.7 Å². The van der Waals surface area contributed by atoms with Crippen molar-refractivity contribution in [1.82, 2.24) is 0 Å². The van der Waals surface area contributed by atoms with Crippen LogP contribution in [0.4, 0.5) is 0 Å². The van der Waals surface area contributed by atoms with Gasteiger partial charge in [0.2, 0.25) is 0 Å². The van der Waals surface area contributed by atoms with E-state index in [-0.39, 0.29) is 40.6 Å². The van der Waals surface area contributed by atoms with E-state index in [0.717, 1.165) is 0 Å². The average molecular weight is 170 g/mol. The van der Waals surface area contributed by atoms with Crippen molar-refractivity contribution < 1.29 is 17.2 Å². The molecule has 0 aromatic carbocycles. The summed E-state index contributed by atoms with van der Waals surface area (Å²) in [6.07, 6.45) is 2.69. The van der Waals surface area contributed by atoms with Gasteiger partial charge in [0.15, 0.2) is 0 Å². The molecule has 0 bridgehead atoms. The van der Waals surface area contributed by atoms with Gasteiger partial charge in [0, 0.05) is 13.0 Å². The van der Waals surface area contributed by atoms with Crippen molar-refractivity contribution >= 4 is 49.7 Å². The second-order valence-electron chi connectivity index (χ2n) is 1.41. The molecule has 0 unspecified atom stereocenters. The van der Waals surface area contributed by atoms with Crippen molar-refractivity contribution in [3.8, 4) is 0 Å². The Labute approximate surface area is 92.4 Å². The smallest absolute Gasteiger partial charge is 1.00 e. The minimum absolute atomic E-state index is 0. The molecule has 0 aromatic rings. The third-order valence-corrected chi connectivity index (χ3v) is 0.547. The predicted molar refractivity (Wildman–Crippen MR) is 39.6 cm³/mol. The van der Waals surface area contributed by atoms with Gasteiger partial charge in [-0.25, -0.2) is 4.79 Å². The van der Waals surface area contributed by atoms with Gasteiger partial charge in [0.1, 0.15) is 0 Å². The molecule has 0 fully saturated rings. The van der Waals surface area contributed by atoms with Gasteiger partial charge in [-0.2, -0.15) is 0 Å². The maximum Gasteiger partial charge on any atom is 2.00 e. The van der Waals surface area contributed by atoms with E-state index in [2.05, 4.69) is 4.74 Å². The van der Waals surface area contributed by atoms with Crippen LogP contribution >= 0.6 is 0 Å². The van der Waals surface area contributed by atoms with E-state index in [1.807, 2.05) is 0 Å². The van der Waals surface area contributed by atoms with Crippen LogP contribution in [-0.4, -0.2) is 49.7 Å². The first-order chi connectivity index (χ1) is 4.16. The van der Waals surface area contributed by atoms with E-state index in [1.165, 1.54) is 19.1 Å². The van der Waals surface area contributed by atoms with Crippen LogP contribution in [0.2, 0.25) is 0 Å². The molecular formula is C6H10CaO3. The summed E-state index contributed by atoms with van der Waals surface area (Å²) in [4.78, 5) is 20.4. The fraction of sp³-hybridized carbons (Fsp3) is 0.333. The van der Waals surface area contributed by atoms with Crippen molar-refractivity contribution in [2.75, 3.05) is 0 Å². The van der Waals surface area contributed by atoms with Gasteiger partial charge in [-0.05, 0) is 6.92 Å². The summed E-state index contributed by atoms with van der Waals surface area (Å²) in [5.41, 5.74) is 0. The number of esters is 2. The molecule has 0 amide bonds. The first kappa shape index (κ1) is 12.8. The maximum absolute atomic E-state index is 10.3. The Morgan fingerprint density at radius 1 is 1.50 bits per heavy atom. The first-order valence-corrected chi connectivity index (χ1v) is 2.52. The SMILES string of the molecule is C/C=C/C(=O)OC(C)=O.[Ca+2].[H-].[H-]. The Balaban J connectivity index is -0.000000107. The Morgan fingerprint density at radius 3 is 2.30 bits per heavy atom. The van der Waals surface area contributed by atoms with Crippen molar-refractivity contribution in [3.63, 3.8) is 0 Å². The average Bonchev–Trinajstić information content (AvgIpc) is 1.63. The summed E-state index contributed by atoms with van der Waals surface area (Å²) >= 11 is 0. The van der Waals surface area contributed by atoms with Crippen LogP contribution in [0.15, 0.2) is 12.2 Å². The van der Waals surface area contributed by atoms with Gasteiger partial charge >= 0.3 is 49.7 Å². The van der Waals surface area contributed by atoms with Gasteiger partial charge < -0.3 is 7.59 Å². The van der Waals surface area contributed by atoms with Gasteiger partial charge in [0.05, 0.1) is 0 Å². The van der Waals surface area contributed by atoms with Crippen LogP contribution in [0, 0.1) is 0 Å². The second kappa shape index (κ2) is 7.25. The van der Waals surface area contributed by atoms with Gasteiger partial charge in [0.25, 0.3) is 0 Å². The zero-order valence-corrected chi connectivity index (χ0v) is 8.29. The molecule has 0 saturated carbocycles. The molecule has 3 nitrogen and oxygen atoms in total. The number of hydrogen-bond acceptors (Lipinski definition) is 3. The van der Waals surface area contributed by atoms with Crippen molar-refractivity contribution in [1.29, 1.82) is 0 Å². The Bertz CT molecular complexity index is 159. The van der Waals surface area contributed by atoms with E-state index >= 15 is 0 Å². The standard InChI is InChI=1S/C6H8O3.Ca.2H/c1-3-4-6(8)9-5(2)7;;;/h3-4H,1-2H3;;;/q;+2;2*-1/b4-3+;;;. The zero-order valence-electron chi connectivity index (χ0n) is 8.09. The molecule has 0 radical (unpaired) electrons. The molecule has 4 heteroatoms. The molecule has 54 valence electrons. The predicted octanol–water partition coefficient (Wildman–Crippen LogP) is 0.496. The maximum atomic E-state index is 10.3. The summed E-state index contributed by atoms with van der Waals surface area (Å²) in [5, 5.41) is 0. The third kappa shape index (κ3) is 8.14. The third-order valence-electron chi connectivity index (χ3n) is 0.547. The Morgan fingerprint density at radius 2 is 2.00 bits per heavy atom.